The standard InChI is InChI=1S/C13H15IO3S/c14-11-6-4-10(5-7-11)9-12(15)13-3-1-2-8-18(13,16)17/h4-7,13H,1-3,8-9H2. The zero-order chi connectivity index (χ0) is 13.2. The average molecular weight is 378 g/mol. The van der Waals surface area contributed by atoms with E-state index in [9.17, 15) is 13.2 Å². The van der Waals surface area contributed by atoms with Crippen LogP contribution in [0, 0.1) is 3.57 Å². The lowest BCUT2D eigenvalue weighted by molar-refractivity contribution is -0.118. The van der Waals surface area contributed by atoms with E-state index in [1.165, 1.54) is 0 Å². The van der Waals surface area contributed by atoms with Gasteiger partial charge < -0.3 is 0 Å². The summed E-state index contributed by atoms with van der Waals surface area (Å²) in [7, 11) is -3.20. The van der Waals surface area contributed by atoms with Crippen LogP contribution in [0.2, 0.25) is 0 Å². The van der Waals surface area contributed by atoms with E-state index in [0.717, 1.165) is 15.6 Å². The number of ketones is 1. The van der Waals surface area contributed by atoms with Gasteiger partial charge in [0.25, 0.3) is 0 Å². The first kappa shape index (κ1) is 14.0. The minimum Gasteiger partial charge on any atom is -0.298 e. The van der Waals surface area contributed by atoms with E-state index in [4.69, 9.17) is 0 Å². The molecular formula is C13H15IO3S. The topological polar surface area (TPSA) is 51.2 Å². The van der Waals surface area contributed by atoms with Crippen LogP contribution in [0.3, 0.4) is 0 Å². The number of Topliss-reactive ketones (excluding diaryl/α,β-unsaturated/α-hetero) is 1. The molecule has 2 rings (SSSR count). The Bertz CT molecular complexity index is 534. The number of benzene rings is 1. The maximum atomic E-state index is 12.1. The molecule has 1 unspecified atom stereocenters. The lowest BCUT2D eigenvalue weighted by Crippen LogP contribution is -2.36. The summed E-state index contributed by atoms with van der Waals surface area (Å²) in [6.45, 7) is 0. The van der Waals surface area contributed by atoms with E-state index < -0.39 is 15.1 Å². The second-order valence-corrected chi connectivity index (χ2v) is 8.17. The van der Waals surface area contributed by atoms with Crippen LogP contribution in [0.4, 0.5) is 0 Å². The van der Waals surface area contributed by atoms with E-state index in [2.05, 4.69) is 22.6 Å². The first-order chi connectivity index (χ1) is 8.49. The minimum atomic E-state index is -3.20. The second kappa shape index (κ2) is 5.69. The molecule has 0 N–H and O–H groups in total. The van der Waals surface area contributed by atoms with Crippen molar-refractivity contribution in [3.63, 3.8) is 0 Å². The predicted octanol–water partition coefficient (Wildman–Crippen LogP) is 2.37. The van der Waals surface area contributed by atoms with Crippen LogP contribution < -0.4 is 0 Å². The van der Waals surface area contributed by atoms with Crippen molar-refractivity contribution in [2.24, 2.45) is 0 Å². The molecule has 1 fully saturated rings. The number of carbonyl (C=O) groups is 1. The summed E-state index contributed by atoms with van der Waals surface area (Å²) in [5, 5.41) is -0.773. The Morgan fingerprint density at radius 2 is 1.89 bits per heavy atom. The molecule has 1 atom stereocenters. The Hall–Kier alpha value is -0.430. The van der Waals surface area contributed by atoms with Gasteiger partial charge >= 0.3 is 0 Å². The highest BCUT2D eigenvalue weighted by Crippen LogP contribution is 2.21. The Kier molecular flexibility index (Phi) is 4.42. The Labute approximate surface area is 121 Å². The van der Waals surface area contributed by atoms with Crippen LogP contribution >= 0.6 is 22.6 Å². The third-order valence-corrected chi connectivity index (χ3v) is 6.17. The average Bonchev–Trinajstić information content (AvgIpc) is 2.31. The molecule has 0 radical (unpaired) electrons. The van der Waals surface area contributed by atoms with E-state index in [-0.39, 0.29) is 18.0 Å². The molecule has 0 amide bonds. The number of hydrogen-bond donors (Lipinski definition) is 0. The predicted molar refractivity (Wildman–Crippen MR) is 79.3 cm³/mol. The molecule has 1 aliphatic rings. The highest BCUT2D eigenvalue weighted by atomic mass is 127. The monoisotopic (exact) mass is 378 g/mol. The van der Waals surface area contributed by atoms with Crippen molar-refractivity contribution in [1.82, 2.24) is 0 Å². The molecule has 0 spiro atoms. The zero-order valence-corrected chi connectivity index (χ0v) is 12.9. The molecule has 1 aromatic rings. The third-order valence-electron chi connectivity index (χ3n) is 3.23. The maximum absolute atomic E-state index is 12.1. The van der Waals surface area contributed by atoms with Gasteiger partial charge in [-0.25, -0.2) is 8.42 Å². The molecule has 0 saturated carbocycles. The van der Waals surface area contributed by atoms with Gasteiger partial charge in [0, 0.05) is 9.99 Å². The molecule has 1 aliphatic heterocycles. The molecule has 1 aromatic carbocycles. The fourth-order valence-electron chi connectivity index (χ4n) is 2.23. The summed E-state index contributed by atoms with van der Waals surface area (Å²) in [5.41, 5.74) is 0.890. The van der Waals surface area contributed by atoms with Crippen LogP contribution in [0.25, 0.3) is 0 Å². The molecule has 0 aliphatic carbocycles. The zero-order valence-electron chi connectivity index (χ0n) is 9.93. The summed E-state index contributed by atoms with van der Waals surface area (Å²) in [6.07, 6.45) is 2.24. The van der Waals surface area contributed by atoms with Gasteiger partial charge in [0.1, 0.15) is 5.25 Å². The fraction of sp³-hybridized carbons (Fsp3) is 0.462. The van der Waals surface area contributed by atoms with Gasteiger partial charge in [0.05, 0.1) is 5.75 Å². The SMILES string of the molecule is O=C(Cc1ccc(I)cc1)C1CCCCS1(=O)=O. The Morgan fingerprint density at radius 1 is 1.22 bits per heavy atom. The largest absolute Gasteiger partial charge is 0.298 e. The van der Waals surface area contributed by atoms with Gasteiger partial charge in [-0.05, 0) is 53.1 Å². The quantitative estimate of drug-likeness (QED) is 0.759. The first-order valence-electron chi connectivity index (χ1n) is 5.98. The van der Waals surface area contributed by atoms with E-state index in [1.807, 2.05) is 24.3 Å². The van der Waals surface area contributed by atoms with Gasteiger partial charge in [0.15, 0.2) is 15.6 Å². The van der Waals surface area contributed by atoms with Crippen molar-refractivity contribution in [2.45, 2.75) is 30.9 Å². The van der Waals surface area contributed by atoms with Crippen molar-refractivity contribution in [2.75, 3.05) is 5.75 Å². The summed E-state index contributed by atoms with van der Waals surface area (Å²) in [6, 6.07) is 7.63. The molecule has 5 heteroatoms. The molecule has 3 nitrogen and oxygen atoms in total. The van der Waals surface area contributed by atoms with Crippen LogP contribution in [0.1, 0.15) is 24.8 Å². The lowest BCUT2D eigenvalue weighted by Gasteiger charge is -2.21. The summed E-state index contributed by atoms with van der Waals surface area (Å²) >= 11 is 2.20. The number of hydrogen-bond acceptors (Lipinski definition) is 3. The van der Waals surface area contributed by atoms with Gasteiger partial charge in [-0.2, -0.15) is 0 Å². The van der Waals surface area contributed by atoms with Crippen LogP contribution in [-0.4, -0.2) is 25.2 Å². The molecular weight excluding hydrogens is 363 g/mol. The van der Waals surface area contributed by atoms with Crippen molar-refractivity contribution in [3.8, 4) is 0 Å². The molecule has 0 aromatic heterocycles. The van der Waals surface area contributed by atoms with Crippen molar-refractivity contribution < 1.29 is 13.2 Å². The maximum Gasteiger partial charge on any atom is 0.160 e. The van der Waals surface area contributed by atoms with Gasteiger partial charge in [-0.15, -0.1) is 0 Å². The molecule has 18 heavy (non-hydrogen) atoms. The molecule has 1 saturated heterocycles. The van der Waals surface area contributed by atoms with Gasteiger partial charge in [-0.3, -0.25) is 4.79 Å². The van der Waals surface area contributed by atoms with E-state index >= 15 is 0 Å². The van der Waals surface area contributed by atoms with E-state index in [1.54, 1.807) is 0 Å². The second-order valence-electron chi connectivity index (χ2n) is 4.62. The summed E-state index contributed by atoms with van der Waals surface area (Å²) in [5.74, 6) is 0.00623. The Morgan fingerprint density at radius 3 is 2.50 bits per heavy atom. The first-order valence-corrected chi connectivity index (χ1v) is 8.77. The van der Waals surface area contributed by atoms with E-state index in [0.29, 0.717) is 12.8 Å². The molecule has 0 bridgehead atoms. The Balaban J connectivity index is 2.10. The summed E-state index contributed by atoms with van der Waals surface area (Å²) in [4.78, 5) is 12.1. The number of halogens is 1. The summed E-state index contributed by atoms with van der Waals surface area (Å²) < 4.78 is 24.8. The van der Waals surface area contributed by atoms with Crippen LogP contribution in [-0.2, 0) is 21.1 Å². The minimum absolute atomic E-state index is 0.157. The van der Waals surface area contributed by atoms with Gasteiger partial charge in [-0.1, -0.05) is 18.6 Å². The highest BCUT2D eigenvalue weighted by Gasteiger charge is 2.34. The third kappa shape index (κ3) is 3.32. The van der Waals surface area contributed by atoms with Crippen molar-refractivity contribution in [3.05, 3.63) is 33.4 Å². The van der Waals surface area contributed by atoms with Crippen molar-refractivity contribution >= 4 is 38.2 Å². The molecule has 98 valence electrons. The fourth-order valence-corrected chi connectivity index (χ4v) is 4.49. The van der Waals surface area contributed by atoms with Crippen molar-refractivity contribution in [1.29, 1.82) is 0 Å². The number of sulfone groups is 1. The number of rotatable bonds is 3. The number of carbonyl (C=O) groups excluding carboxylic acids is 1. The normalized spacial score (nSPS) is 22.6. The van der Waals surface area contributed by atoms with Gasteiger partial charge in [0.2, 0.25) is 0 Å². The smallest absolute Gasteiger partial charge is 0.160 e. The molecule has 1 heterocycles. The van der Waals surface area contributed by atoms with Crippen LogP contribution in [0.5, 0.6) is 0 Å². The highest BCUT2D eigenvalue weighted by molar-refractivity contribution is 14.1. The van der Waals surface area contributed by atoms with Crippen LogP contribution in [0.15, 0.2) is 24.3 Å². The lowest BCUT2D eigenvalue weighted by atomic mass is 10.0.